The van der Waals surface area contributed by atoms with Crippen LogP contribution in [0.5, 0.6) is 5.75 Å². The summed E-state index contributed by atoms with van der Waals surface area (Å²) in [5.74, 6) is -3.02. The molecule has 0 bridgehead atoms. The summed E-state index contributed by atoms with van der Waals surface area (Å²) >= 11 is 5.71. The molecular formula is C13H9ClF2N2O2. The first kappa shape index (κ1) is 14.1. The second-order valence-electron chi connectivity index (χ2n) is 3.97. The van der Waals surface area contributed by atoms with Crippen LogP contribution < -0.4 is 11.1 Å². The van der Waals surface area contributed by atoms with Gasteiger partial charge in [-0.05, 0) is 24.3 Å². The Morgan fingerprint density at radius 2 is 1.95 bits per heavy atom. The molecule has 20 heavy (non-hydrogen) atoms. The Kier molecular flexibility index (Phi) is 3.76. The molecule has 0 unspecified atom stereocenters. The number of aromatic hydroxyl groups is 1. The molecule has 104 valence electrons. The van der Waals surface area contributed by atoms with Gasteiger partial charge in [-0.1, -0.05) is 11.6 Å². The minimum Gasteiger partial charge on any atom is -0.507 e. The van der Waals surface area contributed by atoms with Gasteiger partial charge in [0.1, 0.15) is 17.3 Å². The minimum absolute atomic E-state index is 0.152. The number of carbonyl (C=O) groups is 1. The van der Waals surface area contributed by atoms with Crippen LogP contribution in [0.15, 0.2) is 30.3 Å². The van der Waals surface area contributed by atoms with Crippen LogP contribution in [-0.2, 0) is 0 Å². The summed E-state index contributed by atoms with van der Waals surface area (Å²) in [7, 11) is 0. The van der Waals surface area contributed by atoms with E-state index in [2.05, 4.69) is 5.32 Å². The first-order valence-corrected chi connectivity index (χ1v) is 5.80. The quantitative estimate of drug-likeness (QED) is 0.745. The van der Waals surface area contributed by atoms with Crippen molar-refractivity contribution in [2.24, 2.45) is 0 Å². The van der Waals surface area contributed by atoms with Crippen molar-refractivity contribution in [2.45, 2.75) is 0 Å². The predicted octanol–water partition coefficient (Wildman–Crippen LogP) is 3.16. The van der Waals surface area contributed by atoms with Gasteiger partial charge in [0.2, 0.25) is 0 Å². The Labute approximate surface area is 117 Å². The summed E-state index contributed by atoms with van der Waals surface area (Å²) in [6, 6.07) is 5.28. The molecule has 4 nitrogen and oxygen atoms in total. The van der Waals surface area contributed by atoms with E-state index in [0.717, 1.165) is 6.07 Å². The zero-order valence-corrected chi connectivity index (χ0v) is 10.7. The van der Waals surface area contributed by atoms with Crippen LogP contribution >= 0.6 is 11.6 Å². The van der Waals surface area contributed by atoms with E-state index in [1.54, 1.807) is 0 Å². The molecule has 0 heterocycles. The molecule has 0 spiro atoms. The number of phenols is 1. The number of carbonyl (C=O) groups excluding carboxylic acids is 1. The van der Waals surface area contributed by atoms with Gasteiger partial charge < -0.3 is 16.2 Å². The molecule has 0 fully saturated rings. The number of amides is 1. The van der Waals surface area contributed by atoms with Crippen molar-refractivity contribution in [3.05, 3.63) is 52.6 Å². The Morgan fingerprint density at radius 1 is 1.25 bits per heavy atom. The average Bonchev–Trinajstić information content (AvgIpc) is 2.36. The number of nitrogens with two attached hydrogens (primary N) is 1. The van der Waals surface area contributed by atoms with E-state index >= 15 is 0 Å². The van der Waals surface area contributed by atoms with Crippen molar-refractivity contribution in [3.8, 4) is 5.75 Å². The van der Waals surface area contributed by atoms with E-state index in [1.807, 2.05) is 0 Å². The van der Waals surface area contributed by atoms with Crippen molar-refractivity contribution >= 4 is 28.9 Å². The maximum Gasteiger partial charge on any atom is 0.259 e. The van der Waals surface area contributed by atoms with E-state index in [1.165, 1.54) is 18.2 Å². The van der Waals surface area contributed by atoms with E-state index in [-0.39, 0.29) is 27.7 Å². The molecule has 0 aromatic heterocycles. The normalized spacial score (nSPS) is 10.3. The Morgan fingerprint density at radius 3 is 2.60 bits per heavy atom. The number of halogens is 3. The molecule has 0 saturated heterocycles. The highest BCUT2D eigenvalue weighted by atomic mass is 35.5. The van der Waals surface area contributed by atoms with Gasteiger partial charge in [0.25, 0.3) is 5.91 Å². The summed E-state index contributed by atoms with van der Waals surface area (Å²) < 4.78 is 26.4. The number of anilines is 2. The van der Waals surface area contributed by atoms with Gasteiger partial charge in [-0.15, -0.1) is 0 Å². The molecular weight excluding hydrogens is 290 g/mol. The van der Waals surface area contributed by atoms with Crippen LogP contribution in [-0.4, -0.2) is 11.0 Å². The molecule has 1 amide bonds. The molecule has 0 aliphatic rings. The third-order valence-electron chi connectivity index (χ3n) is 2.53. The number of hydrogen-bond donors (Lipinski definition) is 3. The second-order valence-corrected chi connectivity index (χ2v) is 4.40. The highest BCUT2D eigenvalue weighted by molar-refractivity contribution is 6.31. The average molecular weight is 299 g/mol. The summed E-state index contributed by atoms with van der Waals surface area (Å²) in [5, 5.41) is 12.0. The summed E-state index contributed by atoms with van der Waals surface area (Å²) in [4.78, 5) is 11.9. The largest absolute Gasteiger partial charge is 0.507 e. The van der Waals surface area contributed by atoms with Crippen molar-refractivity contribution in [1.29, 1.82) is 0 Å². The molecule has 0 radical (unpaired) electrons. The van der Waals surface area contributed by atoms with Crippen LogP contribution in [0.3, 0.4) is 0 Å². The van der Waals surface area contributed by atoms with Gasteiger partial charge in [0, 0.05) is 11.1 Å². The van der Waals surface area contributed by atoms with Crippen LogP contribution in [0, 0.1) is 11.6 Å². The fraction of sp³-hybridized carbons (Fsp3) is 0. The molecule has 0 saturated carbocycles. The number of nitrogen functional groups attached to an aromatic ring is 1. The van der Waals surface area contributed by atoms with Crippen LogP contribution in [0.1, 0.15) is 10.4 Å². The van der Waals surface area contributed by atoms with E-state index in [9.17, 15) is 18.7 Å². The lowest BCUT2D eigenvalue weighted by atomic mass is 10.1. The lowest BCUT2D eigenvalue weighted by Crippen LogP contribution is -2.15. The summed E-state index contributed by atoms with van der Waals surface area (Å²) in [5.41, 5.74) is 4.65. The molecule has 7 heteroatoms. The number of rotatable bonds is 2. The Hall–Kier alpha value is -2.34. The molecule has 2 aromatic rings. The van der Waals surface area contributed by atoms with Crippen molar-refractivity contribution < 1.29 is 18.7 Å². The van der Waals surface area contributed by atoms with Crippen LogP contribution in [0.25, 0.3) is 0 Å². The second kappa shape index (κ2) is 5.34. The van der Waals surface area contributed by atoms with E-state index in [0.29, 0.717) is 6.07 Å². The third kappa shape index (κ3) is 2.80. The van der Waals surface area contributed by atoms with Gasteiger partial charge in [-0.25, -0.2) is 8.78 Å². The smallest absolute Gasteiger partial charge is 0.259 e. The first-order chi connectivity index (χ1) is 9.38. The highest BCUT2D eigenvalue weighted by Crippen LogP contribution is 2.27. The predicted molar refractivity (Wildman–Crippen MR) is 71.8 cm³/mol. The van der Waals surface area contributed by atoms with Gasteiger partial charge in [0.05, 0.1) is 11.3 Å². The van der Waals surface area contributed by atoms with Crippen molar-refractivity contribution in [3.63, 3.8) is 0 Å². The van der Waals surface area contributed by atoms with Crippen molar-refractivity contribution in [1.82, 2.24) is 0 Å². The molecule has 4 N–H and O–H groups in total. The maximum atomic E-state index is 13.5. The topological polar surface area (TPSA) is 75.3 Å². The minimum atomic E-state index is -1.02. The van der Waals surface area contributed by atoms with Gasteiger partial charge >= 0.3 is 0 Å². The fourth-order valence-electron chi connectivity index (χ4n) is 1.60. The molecule has 2 rings (SSSR count). The molecule has 2 aromatic carbocycles. The number of hydrogen-bond acceptors (Lipinski definition) is 3. The standard InChI is InChI=1S/C13H9ClF2N2O2/c14-6-1-2-11(19)8(3-6)13(20)18-12-9(16)4-7(15)5-10(12)17/h1-5,19H,17H2,(H,18,20). The van der Waals surface area contributed by atoms with Crippen LogP contribution in [0.2, 0.25) is 5.02 Å². The third-order valence-corrected chi connectivity index (χ3v) is 2.76. The zero-order valence-electron chi connectivity index (χ0n) is 9.95. The van der Waals surface area contributed by atoms with Crippen molar-refractivity contribution in [2.75, 3.05) is 11.1 Å². The molecule has 0 aliphatic carbocycles. The zero-order chi connectivity index (χ0) is 14.9. The fourth-order valence-corrected chi connectivity index (χ4v) is 1.77. The van der Waals surface area contributed by atoms with E-state index in [4.69, 9.17) is 17.3 Å². The number of nitrogens with one attached hydrogen (secondary N) is 1. The Bertz CT molecular complexity index is 669. The lowest BCUT2D eigenvalue weighted by molar-refractivity contribution is 0.102. The lowest BCUT2D eigenvalue weighted by Gasteiger charge is -2.10. The summed E-state index contributed by atoms with van der Waals surface area (Å²) in [6.07, 6.45) is 0. The first-order valence-electron chi connectivity index (χ1n) is 5.43. The molecule has 0 aliphatic heterocycles. The van der Waals surface area contributed by atoms with E-state index < -0.39 is 17.5 Å². The number of phenolic OH excluding ortho intramolecular Hbond substituents is 1. The Balaban J connectivity index is 2.35. The SMILES string of the molecule is Nc1cc(F)cc(F)c1NC(=O)c1cc(Cl)ccc1O. The van der Waals surface area contributed by atoms with Crippen LogP contribution in [0.4, 0.5) is 20.2 Å². The molecule has 0 atom stereocenters. The number of benzene rings is 2. The van der Waals surface area contributed by atoms with Gasteiger partial charge in [0.15, 0.2) is 5.82 Å². The highest BCUT2D eigenvalue weighted by Gasteiger charge is 2.16. The van der Waals surface area contributed by atoms with Gasteiger partial charge in [-0.3, -0.25) is 4.79 Å². The summed E-state index contributed by atoms with van der Waals surface area (Å²) in [6.45, 7) is 0. The maximum absolute atomic E-state index is 13.5. The van der Waals surface area contributed by atoms with Gasteiger partial charge in [-0.2, -0.15) is 0 Å². The monoisotopic (exact) mass is 298 g/mol.